The minimum atomic E-state index is 0.000918. The lowest BCUT2D eigenvalue weighted by Crippen LogP contribution is -2.46. The minimum absolute atomic E-state index is 0.000918. The van der Waals surface area contributed by atoms with Crippen LogP contribution in [0.5, 0.6) is 17.2 Å². The number of hydrogen-bond acceptors (Lipinski definition) is 4. The molecule has 0 saturated carbocycles. The van der Waals surface area contributed by atoms with Gasteiger partial charge >= 0.3 is 0 Å². The smallest absolute Gasteiger partial charge is 0.257 e. The van der Waals surface area contributed by atoms with Gasteiger partial charge in [0.2, 0.25) is 0 Å². The fourth-order valence-electron chi connectivity index (χ4n) is 2.70. The van der Waals surface area contributed by atoms with Gasteiger partial charge in [-0.3, -0.25) is 4.79 Å². The second-order valence-corrected chi connectivity index (χ2v) is 5.52. The summed E-state index contributed by atoms with van der Waals surface area (Å²) in [6, 6.07) is 14.8. The Morgan fingerprint density at radius 1 is 1.00 bits per heavy atom. The largest absolute Gasteiger partial charge is 0.490 e. The summed E-state index contributed by atoms with van der Waals surface area (Å²) in [5, 5.41) is 3.26. The Morgan fingerprint density at radius 2 is 1.62 bits per heavy atom. The van der Waals surface area contributed by atoms with Gasteiger partial charge in [-0.25, -0.2) is 0 Å². The van der Waals surface area contributed by atoms with Crippen molar-refractivity contribution in [2.24, 2.45) is 0 Å². The van der Waals surface area contributed by atoms with E-state index in [1.165, 1.54) is 0 Å². The molecule has 0 bridgehead atoms. The van der Waals surface area contributed by atoms with Crippen LogP contribution in [0.3, 0.4) is 0 Å². The molecule has 3 rings (SSSR count). The van der Waals surface area contributed by atoms with Crippen LogP contribution in [0.4, 0.5) is 0 Å². The van der Waals surface area contributed by atoms with E-state index >= 15 is 0 Å². The third kappa shape index (κ3) is 3.68. The molecule has 2 aromatic carbocycles. The van der Waals surface area contributed by atoms with E-state index in [-0.39, 0.29) is 5.91 Å². The summed E-state index contributed by atoms with van der Waals surface area (Å²) < 4.78 is 11.6. The molecule has 0 aliphatic carbocycles. The minimum Gasteiger partial charge on any atom is -0.490 e. The van der Waals surface area contributed by atoms with Crippen LogP contribution in [-0.4, -0.2) is 43.6 Å². The SMILES string of the molecule is CCOc1ccccc1Oc1ccccc1C(=O)N1CCNCC1. The van der Waals surface area contributed by atoms with Crippen LogP contribution in [0.25, 0.3) is 0 Å². The summed E-state index contributed by atoms with van der Waals surface area (Å²) in [7, 11) is 0. The Labute approximate surface area is 142 Å². The molecule has 5 heteroatoms. The first-order valence-corrected chi connectivity index (χ1v) is 8.28. The lowest BCUT2D eigenvalue weighted by Gasteiger charge is -2.28. The number of ether oxygens (including phenoxy) is 2. The highest BCUT2D eigenvalue weighted by atomic mass is 16.5. The second-order valence-electron chi connectivity index (χ2n) is 5.52. The molecule has 1 N–H and O–H groups in total. The molecule has 1 amide bonds. The highest BCUT2D eigenvalue weighted by Gasteiger charge is 2.21. The number of amides is 1. The lowest BCUT2D eigenvalue weighted by molar-refractivity contribution is 0.0733. The van der Waals surface area contributed by atoms with Gasteiger partial charge in [0, 0.05) is 26.2 Å². The van der Waals surface area contributed by atoms with Crippen molar-refractivity contribution in [2.45, 2.75) is 6.92 Å². The highest BCUT2D eigenvalue weighted by Crippen LogP contribution is 2.33. The van der Waals surface area contributed by atoms with Crippen LogP contribution >= 0.6 is 0 Å². The molecule has 1 aliphatic rings. The van der Waals surface area contributed by atoms with Gasteiger partial charge in [-0.05, 0) is 31.2 Å². The van der Waals surface area contributed by atoms with E-state index in [1.54, 1.807) is 0 Å². The van der Waals surface area contributed by atoms with Gasteiger partial charge in [-0.15, -0.1) is 0 Å². The Bertz CT molecular complexity index is 697. The van der Waals surface area contributed by atoms with Crippen molar-refractivity contribution in [2.75, 3.05) is 32.8 Å². The summed E-state index contributed by atoms with van der Waals surface area (Å²) in [5.41, 5.74) is 0.575. The second kappa shape index (κ2) is 7.84. The average Bonchev–Trinajstić information content (AvgIpc) is 2.64. The van der Waals surface area contributed by atoms with Crippen LogP contribution < -0.4 is 14.8 Å². The normalized spacial score (nSPS) is 14.3. The third-order valence-corrected chi connectivity index (χ3v) is 3.89. The first kappa shape index (κ1) is 16.3. The average molecular weight is 326 g/mol. The maximum absolute atomic E-state index is 12.8. The van der Waals surface area contributed by atoms with Crippen molar-refractivity contribution in [1.82, 2.24) is 10.2 Å². The molecule has 2 aromatic rings. The molecule has 0 aromatic heterocycles. The molecule has 5 nitrogen and oxygen atoms in total. The summed E-state index contributed by atoms with van der Waals surface area (Å²) in [5.74, 6) is 1.83. The highest BCUT2D eigenvalue weighted by molar-refractivity contribution is 5.97. The van der Waals surface area contributed by atoms with E-state index in [1.807, 2.05) is 60.4 Å². The standard InChI is InChI=1S/C19H22N2O3/c1-2-23-17-9-5-6-10-18(17)24-16-8-4-3-7-15(16)19(22)21-13-11-20-12-14-21/h3-10,20H,2,11-14H2,1H3. The zero-order valence-electron chi connectivity index (χ0n) is 13.8. The van der Waals surface area contributed by atoms with Crippen molar-refractivity contribution in [3.05, 3.63) is 54.1 Å². The van der Waals surface area contributed by atoms with Crippen LogP contribution in [0.15, 0.2) is 48.5 Å². The molecule has 0 unspecified atom stereocenters. The summed E-state index contributed by atoms with van der Waals surface area (Å²) >= 11 is 0. The van der Waals surface area contributed by atoms with Crippen molar-refractivity contribution in [3.8, 4) is 17.2 Å². The number of nitrogens with one attached hydrogen (secondary N) is 1. The maximum Gasteiger partial charge on any atom is 0.257 e. The van der Waals surface area contributed by atoms with Gasteiger partial charge in [0.1, 0.15) is 5.75 Å². The number of carbonyl (C=O) groups excluding carboxylic acids is 1. The van der Waals surface area contributed by atoms with E-state index in [9.17, 15) is 4.79 Å². The summed E-state index contributed by atoms with van der Waals surface area (Å²) in [4.78, 5) is 14.7. The topological polar surface area (TPSA) is 50.8 Å². The number of rotatable bonds is 5. The fourth-order valence-corrected chi connectivity index (χ4v) is 2.70. The Balaban J connectivity index is 1.85. The predicted molar refractivity (Wildman–Crippen MR) is 92.9 cm³/mol. The number of nitrogens with zero attached hydrogens (tertiary/aromatic N) is 1. The summed E-state index contributed by atoms with van der Waals surface area (Å²) in [6.45, 7) is 5.55. The Morgan fingerprint density at radius 3 is 2.33 bits per heavy atom. The Kier molecular flexibility index (Phi) is 5.33. The predicted octanol–water partition coefficient (Wildman–Crippen LogP) is 2.92. The van der Waals surface area contributed by atoms with Crippen LogP contribution in [-0.2, 0) is 0 Å². The van der Waals surface area contributed by atoms with Gasteiger partial charge < -0.3 is 19.7 Å². The quantitative estimate of drug-likeness (QED) is 0.918. The molecular weight excluding hydrogens is 304 g/mol. The van der Waals surface area contributed by atoms with Gasteiger partial charge in [-0.1, -0.05) is 24.3 Å². The lowest BCUT2D eigenvalue weighted by atomic mass is 10.1. The van der Waals surface area contributed by atoms with Crippen LogP contribution in [0.2, 0.25) is 0 Å². The van der Waals surface area contributed by atoms with E-state index < -0.39 is 0 Å². The number of para-hydroxylation sites is 3. The van der Waals surface area contributed by atoms with Gasteiger partial charge in [0.05, 0.1) is 12.2 Å². The van der Waals surface area contributed by atoms with Crippen molar-refractivity contribution in [1.29, 1.82) is 0 Å². The van der Waals surface area contributed by atoms with Crippen molar-refractivity contribution >= 4 is 5.91 Å². The third-order valence-electron chi connectivity index (χ3n) is 3.89. The molecule has 1 saturated heterocycles. The van der Waals surface area contributed by atoms with Crippen molar-refractivity contribution < 1.29 is 14.3 Å². The number of hydrogen-bond donors (Lipinski definition) is 1. The fraction of sp³-hybridized carbons (Fsp3) is 0.316. The van der Waals surface area contributed by atoms with E-state index in [0.717, 1.165) is 13.1 Å². The van der Waals surface area contributed by atoms with E-state index in [0.29, 0.717) is 42.5 Å². The number of carbonyl (C=O) groups is 1. The molecule has 0 atom stereocenters. The molecule has 126 valence electrons. The molecule has 0 spiro atoms. The molecule has 1 aliphatic heterocycles. The number of benzene rings is 2. The zero-order chi connectivity index (χ0) is 16.8. The molecule has 0 radical (unpaired) electrons. The van der Waals surface area contributed by atoms with Gasteiger partial charge in [0.15, 0.2) is 11.5 Å². The van der Waals surface area contributed by atoms with Crippen LogP contribution in [0, 0.1) is 0 Å². The maximum atomic E-state index is 12.8. The summed E-state index contributed by atoms with van der Waals surface area (Å²) in [6.07, 6.45) is 0. The monoisotopic (exact) mass is 326 g/mol. The zero-order valence-corrected chi connectivity index (χ0v) is 13.8. The molecular formula is C19H22N2O3. The van der Waals surface area contributed by atoms with E-state index in [2.05, 4.69) is 5.32 Å². The number of piperazine rings is 1. The first-order valence-electron chi connectivity index (χ1n) is 8.28. The van der Waals surface area contributed by atoms with Crippen molar-refractivity contribution in [3.63, 3.8) is 0 Å². The van der Waals surface area contributed by atoms with E-state index in [4.69, 9.17) is 9.47 Å². The molecule has 1 fully saturated rings. The molecule has 24 heavy (non-hydrogen) atoms. The van der Waals surface area contributed by atoms with Gasteiger partial charge in [-0.2, -0.15) is 0 Å². The van der Waals surface area contributed by atoms with Crippen LogP contribution in [0.1, 0.15) is 17.3 Å². The van der Waals surface area contributed by atoms with Gasteiger partial charge in [0.25, 0.3) is 5.91 Å². The Hall–Kier alpha value is -2.53. The first-order chi connectivity index (χ1) is 11.8. The molecule has 1 heterocycles.